The molecule has 1 rings (SSSR count). The summed E-state index contributed by atoms with van der Waals surface area (Å²) >= 11 is 11.3. The quantitative estimate of drug-likeness (QED) is 0.430. The van der Waals surface area contributed by atoms with Crippen molar-refractivity contribution >= 4 is 35.1 Å². The normalized spacial score (nSPS) is 10.5. The molecule has 0 atom stereocenters. The van der Waals surface area contributed by atoms with E-state index >= 15 is 0 Å². The SMILES string of the molecule is CCCNC(=S)N/N=C\c1cc(Cl)c(OCCC)c(OC)c1. The Kier molecular flexibility index (Phi) is 8.62. The van der Waals surface area contributed by atoms with Gasteiger partial charge in [-0.1, -0.05) is 25.4 Å². The third-order valence-electron chi connectivity index (χ3n) is 2.62. The number of halogens is 1. The Hall–Kier alpha value is -1.53. The van der Waals surface area contributed by atoms with Gasteiger partial charge in [-0.25, -0.2) is 0 Å². The summed E-state index contributed by atoms with van der Waals surface area (Å²) < 4.78 is 10.9. The van der Waals surface area contributed by atoms with E-state index in [-0.39, 0.29) is 0 Å². The number of rotatable bonds is 8. The van der Waals surface area contributed by atoms with Gasteiger partial charge in [0.2, 0.25) is 0 Å². The van der Waals surface area contributed by atoms with Gasteiger partial charge in [0.1, 0.15) is 0 Å². The zero-order chi connectivity index (χ0) is 16.4. The van der Waals surface area contributed by atoms with Crippen molar-refractivity contribution in [2.75, 3.05) is 20.3 Å². The molecular formula is C15H22ClN3O2S. The number of benzene rings is 1. The Morgan fingerprint density at radius 2 is 2.14 bits per heavy atom. The molecule has 0 aliphatic rings. The van der Waals surface area contributed by atoms with Gasteiger partial charge in [-0.2, -0.15) is 5.10 Å². The van der Waals surface area contributed by atoms with Gasteiger partial charge in [0.15, 0.2) is 16.6 Å². The van der Waals surface area contributed by atoms with Crippen LogP contribution in [0.5, 0.6) is 11.5 Å². The number of nitrogens with one attached hydrogen (secondary N) is 2. The maximum atomic E-state index is 6.23. The standard InChI is InChI=1S/C15H22ClN3O2S/c1-4-6-17-15(22)19-18-10-11-8-12(16)14(21-7-5-2)13(9-11)20-3/h8-10H,4-7H2,1-3H3,(H2,17,19,22)/b18-10-. The highest BCUT2D eigenvalue weighted by Crippen LogP contribution is 2.36. The molecule has 7 heteroatoms. The Labute approximate surface area is 142 Å². The van der Waals surface area contributed by atoms with Gasteiger partial charge in [0.25, 0.3) is 0 Å². The van der Waals surface area contributed by atoms with E-state index in [4.69, 9.17) is 33.3 Å². The molecule has 0 aliphatic heterocycles. The fourth-order valence-corrected chi connectivity index (χ4v) is 2.03. The number of hydrogen-bond donors (Lipinski definition) is 2. The van der Waals surface area contributed by atoms with E-state index in [1.54, 1.807) is 19.4 Å². The van der Waals surface area contributed by atoms with E-state index in [2.05, 4.69) is 22.8 Å². The molecule has 22 heavy (non-hydrogen) atoms. The first kappa shape index (κ1) is 18.5. The lowest BCUT2D eigenvalue weighted by atomic mass is 10.2. The van der Waals surface area contributed by atoms with Crippen molar-refractivity contribution in [3.05, 3.63) is 22.7 Å². The number of thiocarbonyl (C=S) groups is 1. The largest absolute Gasteiger partial charge is 0.493 e. The van der Waals surface area contributed by atoms with E-state index in [1.165, 1.54) is 0 Å². The molecule has 1 aromatic rings. The van der Waals surface area contributed by atoms with Crippen molar-refractivity contribution in [3.8, 4) is 11.5 Å². The zero-order valence-electron chi connectivity index (χ0n) is 13.1. The first-order chi connectivity index (χ1) is 10.6. The molecule has 0 aliphatic carbocycles. The van der Waals surface area contributed by atoms with E-state index in [0.29, 0.717) is 28.2 Å². The highest BCUT2D eigenvalue weighted by atomic mass is 35.5. The Balaban J connectivity index is 2.75. The molecule has 122 valence electrons. The van der Waals surface area contributed by atoms with Crippen LogP contribution in [0, 0.1) is 0 Å². The summed E-state index contributed by atoms with van der Waals surface area (Å²) in [6.07, 6.45) is 3.52. The van der Waals surface area contributed by atoms with E-state index in [0.717, 1.165) is 24.9 Å². The monoisotopic (exact) mass is 343 g/mol. The van der Waals surface area contributed by atoms with Gasteiger partial charge < -0.3 is 14.8 Å². The lowest BCUT2D eigenvalue weighted by molar-refractivity contribution is 0.294. The smallest absolute Gasteiger partial charge is 0.186 e. The first-order valence-electron chi connectivity index (χ1n) is 7.19. The maximum absolute atomic E-state index is 6.23. The van der Waals surface area contributed by atoms with Gasteiger partial charge in [-0.05, 0) is 42.8 Å². The molecule has 0 bridgehead atoms. The van der Waals surface area contributed by atoms with Crippen molar-refractivity contribution in [1.82, 2.24) is 10.7 Å². The molecule has 0 saturated carbocycles. The fraction of sp³-hybridized carbons (Fsp3) is 0.467. The summed E-state index contributed by atoms with van der Waals surface area (Å²) in [5.41, 5.74) is 3.53. The van der Waals surface area contributed by atoms with Crippen LogP contribution in [0.2, 0.25) is 5.02 Å². The highest BCUT2D eigenvalue weighted by molar-refractivity contribution is 7.80. The van der Waals surface area contributed by atoms with Gasteiger partial charge in [-0.3, -0.25) is 5.43 Å². The number of hydrazone groups is 1. The summed E-state index contributed by atoms with van der Waals surface area (Å²) in [5, 5.41) is 8.06. The lowest BCUT2D eigenvalue weighted by Gasteiger charge is -2.12. The predicted molar refractivity (Wildman–Crippen MR) is 95.4 cm³/mol. The van der Waals surface area contributed by atoms with Crippen LogP contribution in [0.4, 0.5) is 0 Å². The molecule has 1 aromatic carbocycles. The van der Waals surface area contributed by atoms with Crippen LogP contribution in [0.3, 0.4) is 0 Å². The first-order valence-corrected chi connectivity index (χ1v) is 7.98. The zero-order valence-corrected chi connectivity index (χ0v) is 14.7. The summed E-state index contributed by atoms with van der Waals surface area (Å²) in [6, 6.07) is 3.58. The molecule has 0 fully saturated rings. The van der Waals surface area contributed by atoms with Crippen molar-refractivity contribution in [2.45, 2.75) is 26.7 Å². The maximum Gasteiger partial charge on any atom is 0.186 e. The average molecular weight is 344 g/mol. The summed E-state index contributed by atoms with van der Waals surface area (Å²) in [5.74, 6) is 1.13. The molecule has 0 saturated heterocycles. The summed E-state index contributed by atoms with van der Waals surface area (Å²) in [6.45, 7) is 5.49. The fourth-order valence-electron chi connectivity index (χ4n) is 1.60. The van der Waals surface area contributed by atoms with Crippen molar-refractivity contribution in [1.29, 1.82) is 0 Å². The minimum Gasteiger partial charge on any atom is -0.493 e. The van der Waals surface area contributed by atoms with Gasteiger partial charge in [0, 0.05) is 6.54 Å². The van der Waals surface area contributed by atoms with Crippen molar-refractivity contribution < 1.29 is 9.47 Å². The second kappa shape index (κ2) is 10.2. The second-order valence-corrected chi connectivity index (χ2v) is 5.32. The lowest BCUT2D eigenvalue weighted by Crippen LogP contribution is -2.32. The van der Waals surface area contributed by atoms with Crippen LogP contribution in [0.1, 0.15) is 32.3 Å². The van der Waals surface area contributed by atoms with Crippen LogP contribution in [-0.2, 0) is 0 Å². The number of ether oxygens (including phenoxy) is 2. The number of nitrogens with zero attached hydrogens (tertiary/aromatic N) is 1. The van der Waals surface area contributed by atoms with E-state index in [1.807, 2.05) is 13.0 Å². The molecule has 5 nitrogen and oxygen atoms in total. The minimum atomic E-state index is 0.485. The third-order valence-corrected chi connectivity index (χ3v) is 3.13. The van der Waals surface area contributed by atoms with Crippen LogP contribution in [0.15, 0.2) is 17.2 Å². The molecule has 0 spiro atoms. The van der Waals surface area contributed by atoms with E-state index < -0.39 is 0 Å². The van der Waals surface area contributed by atoms with E-state index in [9.17, 15) is 0 Å². The third kappa shape index (κ3) is 6.07. The van der Waals surface area contributed by atoms with Gasteiger partial charge >= 0.3 is 0 Å². The predicted octanol–water partition coefficient (Wildman–Crippen LogP) is 3.35. The number of hydrogen-bond acceptors (Lipinski definition) is 4. The van der Waals surface area contributed by atoms with Crippen LogP contribution >= 0.6 is 23.8 Å². The van der Waals surface area contributed by atoms with Crippen LogP contribution < -0.4 is 20.2 Å². The topological polar surface area (TPSA) is 54.9 Å². The Bertz CT molecular complexity index is 524. The number of methoxy groups -OCH3 is 1. The second-order valence-electron chi connectivity index (χ2n) is 4.51. The van der Waals surface area contributed by atoms with Crippen molar-refractivity contribution in [3.63, 3.8) is 0 Å². The molecule has 0 radical (unpaired) electrons. The molecule has 0 aromatic heterocycles. The summed E-state index contributed by atoms with van der Waals surface area (Å²) in [4.78, 5) is 0. The molecule has 0 heterocycles. The Morgan fingerprint density at radius 3 is 2.77 bits per heavy atom. The summed E-state index contributed by atoms with van der Waals surface area (Å²) in [7, 11) is 1.58. The van der Waals surface area contributed by atoms with Crippen LogP contribution in [-0.4, -0.2) is 31.6 Å². The van der Waals surface area contributed by atoms with Crippen molar-refractivity contribution in [2.24, 2.45) is 5.10 Å². The van der Waals surface area contributed by atoms with Crippen LogP contribution in [0.25, 0.3) is 0 Å². The Morgan fingerprint density at radius 1 is 1.36 bits per heavy atom. The average Bonchev–Trinajstić information content (AvgIpc) is 2.51. The molecule has 2 N–H and O–H groups in total. The minimum absolute atomic E-state index is 0.485. The highest BCUT2D eigenvalue weighted by Gasteiger charge is 2.11. The molecule has 0 amide bonds. The van der Waals surface area contributed by atoms with Gasteiger partial charge in [-0.15, -0.1) is 0 Å². The molecule has 0 unspecified atom stereocenters. The van der Waals surface area contributed by atoms with Gasteiger partial charge in [0.05, 0.1) is 25.0 Å². The molecular weight excluding hydrogens is 322 g/mol.